The van der Waals surface area contributed by atoms with Crippen LogP contribution in [-0.2, 0) is 11.3 Å². The van der Waals surface area contributed by atoms with E-state index < -0.39 is 0 Å². The van der Waals surface area contributed by atoms with Gasteiger partial charge in [0, 0.05) is 18.2 Å². The molecule has 2 aromatic heterocycles. The number of furan rings is 1. The van der Waals surface area contributed by atoms with Crippen LogP contribution in [0.5, 0.6) is 0 Å². The maximum Gasteiger partial charge on any atom is 0.219 e. The fourth-order valence-electron chi connectivity index (χ4n) is 1.60. The minimum absolute atomic E-state index is 0.247. The normalized spacial score (nSPS) is 11.1. The lowest BCUT2D eigenvalue weighted by Crippen LogP contribution is -2.15. The fraction of sp³-hybridized carbons (Fsp3) is 0.417. The Bertz CT molecular complexity index is 548. The lowest BCUT2D eigenvalue weighted by Gasteiger charge is -2.09. The van der Waals surface area contributed by atoms with Crippen LogP contribution in [0.3, 0.4) is 0 Å². The number of carbonyl (C=O) groups excluding carboxylic acids is 1. The Morgan fingerprint density at radius 1 is 1.53 bits per heavy atom. The molecule has 2 heterocycles. The maximum atomic E-state index is 11.0. The number of nitrogens with two attached hydrogens (primary N) is 1. The average molecular weight is 280 g/mol. The second-order valence-electron chi connectivity index (χ2n) is 4.32. The molecule has 0 saturated heterocycles. The molecular weight excluding hydrogens is 264 g/mol. The molecule has 0 aliphatic carbocycles. The van der Waals surface area contributed by atoms with Crippen molar-refractivity contribution in [2.45, 2.75) is 37.2 Å². The molecule has 0 saturated carbocycles. The van der Waals surface area contributed by atoms with Crippen molar-refractivity contribution in [2.75, 3.05) is 0 Å². The van der Waals surface area contributed by atoms with E-state index in [2.05, 4.69) is 24.0 Å². The zero-order valence-electron chi connectivity index (χ0n) is 10.9. The topological polar surface area (TPSA) is 86.9 Å². The summed E-state index contributed by atoms with van der Waals surface area (Å²) in [4.78, 5) is 11.0. The summed E-state index contributed by atoms with van der Waals surface area (Å²) in [5.41, 5.74) is 5.21. The molecule has 0 atom stereocenters. The van der Waals surface area contributed by atoms with Crippen LogP contribution in [0.4, 0.5) is 0 Å². The Morgan fingerprint density at radius 2 is 2.32 bits per heavy atom. The Balaban J connectivity index is 2.32. The molecule has 0 aliphatic heterocycles. The van der Waals surface area contributed by atoms with E-state index in [0.717, 1.165) is 5.16 Å². The Hall–Kier alpha value is -1.76. The predicted molar refractivity (Wildman–Crippen MR) is 72.5 cm³/mol. The van der Waals surface area contributed by atoms with Crippen molar-refractivity contribution in [3.05, 3.63) is 18.4 Å². The van der Waals surface area contributed by atoms with Gasteiger partial charge in [0.2, 0.25) is 5.91 Å². The number of hydrogen-bond donors (Lipinski definition) is 1. The molecule has 7 heteroatoms. The minimum Gasteiger partial charge on any atom is -0.461 e. The van der Waals surface area contributed by atoms with Crippen LogP contribution in [0.1, 0.15) is 20.3 Å². The molecule has 0 aromatic carbocycles. The second kappa shape index (κ2) is 5.92. The van der Waals surface area contributed by atoms with Crippen LogP contribution in [-0.4, -0.2) is 25.9 Å². The van der Waals surface area contributed by atoms with Crippen molar-refractivity contribution in [2.24, 2.45) is 5.73 Å². The second-order valence-corrected chi connectivity index (χ2v) is 5.86. The summed E-state index contributed by atoms with van der Waals surface area (Å²) in [5.74, 6) is 0.904. The summed E-state index contributed by atoms with van der Waals surface area (Å²) in [7, 11) is 0. The van der Waals surface area contributed by atoms with Gasteiger partial charge in [-0.2, -0.15) is 0 Å². The van der Waals surface area contributed by atoms with E-state index in [1.807, 2.05) is 10.6 Å². The molecule has 0 fully saturated rings. The van der Waals surface area contributed by atoms with Crippen molar-refractivity contribution in [3.8, 4) is 11.6 Å². The van der Waals surface area contributed by atoms with Gasteiger partial charge in [-0.3, -0.25) is 9.36 Å². The highest BCUT2D eigenvalue weighted by Gasteiger charge is 2.17. The van der Waals surface area contributed by atoms with E-state index in [0.29, 0.717) is 23.4 Å². The van der Waals surface area contributed by atoms with E-state index in [1.165, 1.54) is 0 Å². The molecule has 0 radical (unpaired) electrons. The van der Waals surface area contributed by atoms with Gasteiger partial charge < -0.3 is 10.2 Å². The van der Waals surface area contributed by atoms with E-state index in [9.17, 15) is 4.79 Å². The van der Waals surface area contributed by atoms with Gasteiger partial charge in [0.1, 0.15) is 0 Å². The summed E-state index contributed by atoms with van der Waals surface area (Å²) >= 11 is 1.59. The molecule has 19 heavy (non-hydrogen) atoms. The molecule has 0 bridgehead atoms. The third kappa shape index (κ3) is 3.37. The molecular formula is C12H16N4O2S. The number of nitrogens with zero attached hydrogens (tertiary/aromatic N) is 3. The molecule has 102 valence electrons. The number of aromatic nitrogens is 3. The quantitative estimate of drug-likeness (QED) is 0.817. The third-order valence-electron chi connectivity index (χ3n) is 2.38. The number of carbonyl (C=O) groups is 1. The first kappa shape index (κ1) is 13.7. The van der Waals surface area contributed by atoms with Crippen molar-refractivity contribution in [3.63, 3.8) is 0 Å². The number of rotatable bonds is 6. The van der Waals surface area contributed by atoms with Crippen LogP contribution in [0, 0.1) is 0 Å². The zero-order chi connectivity index (χ0) is 13.8. The molecule has 2 aromatic rings. The standard InChI is InChI=1S/C12H16N4O2S/c1-8(2)19-12-15-14-11(9-4-3-7-18-9)16(12)6-5-10(13)17/h3-4,7-8H,5-6H2,1-2H3,(H2,13,17). The van der Waals surface area contributed by atoms with E-state index in [1.54, 1.807) is 24.1 Å². The largest absolute Gasteiger partial charge is 0.461 e. The first-order valence-corrected chi connectivity index (χ1v) is 6.88. The Kier molecular flexibility index (Phi) is 4.26. The van der Waals surface area contributed by atoms with Crippen molar-refractivity contribution in [1.29, 1.82) is 0 Å². The van der Waals surface area contributed by atoms with E-state index in [4.69, 9.17) is 10.2 Å². The van der Waals surface area contributed by atoms with Gasteiger partial charge >= 0.3 is 0 Å². The van der Waals surface area contributed by atoms with Crippen LogP contribution in [0.15, 0.2) is 28.0 Å². The Morgan fingerprint density at radius 3 is 2.89 bits per heavy atom. The predicted octanol–water partition coefficient (Wildman–Crippen LogP) is 1.91. The van der Waals surface area contributed by atoms with Gasteiger partial charge in [0.25, 0.3) is 0 Å². The lowest BCUT2D eigenvalue weighted by atomic mass is 10.3. The van der Waals surface area contributed by atoms with Crippen LogP contribution >= 0.6 is 11.8 Å². The van der Waals surface area contributed by atoms with Crippen molar-refractivity contribution in [1.82, 2.24) is 14.8 Å². The molecule has 2 N–H and O–H groups in total. The molecule has 2 rings (SSSR count). The minimum atomic E-state index is -0.348. The lowest BCUT2D eigenvalue weighted by molar-refractivity contribution is -0.118. The van der Waals surface area contributed by atoms with Gasteiger partial charge in [-0.15, -0.1) is 10.2 Å². The highest BCUT2D eigenvalue weighted by Crippen LogP contribution is 2.26. The summed E-state index contributed by atoms with van der Waals surface area (Å²) < 4.78 is 7.21. The molecule has 0 aliphatic rings. The van der Waals surface area contributed by atoms with Gasteiger partial charge in [0.05, 0.1) is 6.26 Å². The SMILES string of the molecule is CC(C)Sc1nnc(-c2ccco2)n1CCC(N)=O. The molecule has 0 spiro atoms. The summed E-state index contributed by atoms with van der Waals surface area (Å²) in [6, 6.07) is 3.60. The monoisotopic (exact) mass is 280 g/mol. The fourth-order valence-corrected chi connectivity index (χ4v) is 2.41. The van der Waals surface area contributed by atoms with Gasteiger partial charge in [-0.25, -0.2) is 0 Å². The highest BCUT2D eigenvalue weighted by molar-refractivity contribution is 7.99. The number of primary amides is 1. The maximum absolute atomic E-state index is 11.0. The third-order valence-corrected chi connectivity index (χ3v) is 3.37. The summed E-state index contributed by atoms with van der Waals surface area (Å²) in [6.07, 6.45) is 1.83. The molecule has 1 amide bonds. The Labute approximate surface area is 115 Å². The first-order chi connectivity index (χ1) is 9.08. The van der Waals surface area contributed by atoms with Crippen molar-refractivity contribution < 1.29 is 9.21 Å². The number of hydrogen-bond acceptors (Lipinski definition) is 5. The van der Waals surface area contributed by atoms with Crippen molar-refractivity contribution >= 4 is 17.7 Å². The van der Waals surface area contributed by atoms with Gasteiger partial charge in [-0.05, 0) is 12.1 Å². The summed E-state index contributed by atoms with van der Waals surface area (Å²) in [6.45, 7) is 4.60. The molecule has 6 nitrogen and oxygen atoms in total. The van der Waals surface area contributed by atoms with Gasteiger partial charge in [0.15, 0.2) is 16.7 Å². The average Bonchev–Trinajstić information content (AvgIpc) is 2.94. The highest BCUT2D eigenvalue weighted by atomic mass is 32.2. The van der Waals surface area contributed by atoms with Crippen LogP contribution < -0.4 is 5.73 Å². The number of thioether (sulfide) groups is 1. The van der Waals surface area contributed by atoms with Crippen LogP contribution in [0.25, 0.3) is 11.6 Å². The zero-order valence-corrected chi connectivity index (χ0v) is 11.7. The summed E-state index contributed by atoms with van der Waals surface area (Å²) in [5, 5.41) is 9.43. The van der Waals surface area contributed by atoms with Crippen LogP contribution in [0.2, 0.25) is 0 Å². The molecule has 0 unspecified atom stereocenters. The van der Waals surface area contributed by atoms with E-state index in [-0.39, 0.29) is 12.3 Å². The number of amides is 1. The first-order valence-electron chi connectivity index (χ1n) is 6.00. The smallest absolute Gasteiger partial charge is 0.219 e. The van der Waals surface area contributed by atoms with E-state index >= 15 is 0 Å². The van der Waals surface area contributed by atoms with Gasteiger partial charge in [-0.1, -0.05) is 25.6 Å².